The van der Waals surface area contributed by atoms with Gasteiger partial charge in [0.25, 0.3) is 5.91 Å². The fourth-order valence-electron chi connectivity index (χ4n) is 3.98. The predicted molar refractivity (Wildman–Crippen MR) is 128 cm³/mol. The molecule has 3 N–H and O–H groups in total. The number of amides is 1. The van der Waals surface area contributed by atoms with Gasteiger partial charge in [0.2, 0.25) is 5.95 Å². The number of anilines is 2. The lowest BCUT2D eigenvalue weighted by Gasteiger charge is -2.14. The van der Waals surface area contributed by atoms with Crippen LogP contribution in [0.15, 0.2) is 71.9 Å². The Morgan fingerprint density at radius 1 is 1.00 bits per heavy atom. The molecular formula is C24H23N5O4S. The van der Waals surface area contributed by atoms with Crippen LogP contribution in [0.25, 0.3) is 11.0 Å². The van der Waals surface area contributed by atoms with Gasteiger partial charge in [0.1, 0.15) is 10.6 Å². The van der Waals surface area contributed by atoms with Gasteiger partial charge in [-0.05, 0) is 61.4 Å². The second-order valence-corrected chi connectivity index (χ2v) is 9.69. The fraction of sp³-hybridized carbons (Fsp3) is 0.208. The van der Waals surface area contributed by atoms with E-state index in [4.69, 9.17) is 4.18 Å². The van der Waals surface area contributed by atoms with Gasteiger partial charge < -0.3 is 14.5 Å². The van der Waals surface area contributed by atoms with Crippen molar-refractivity contribution >= 4 is 38.7 Å². The molecule has 1 aliphatic carbocycles. The van der Waals surface area contributed by atoms with E-state index in [-0.39, 0.29) is 22.5 Å². The molecular weight excluding hydrogens is 454 g/mol. The van der Waals surface area contributed by atoms with Crippen LogP contribution in [0.5, 0.6) is 5.75 Å². The van der Waals surface area contributed by atoms with Crippen molar-refractivity contribution in [3.63, 3.8) is 0 Å². The minimum atomic E-state index is -4.02. The number of carbonyl (C=O) groups excluding carboxylic acids is 1. The molecule has 5 rings (SSSR count). The average Bonchev–Trinajstić information content (AvgIpc) is 3.49. The van der Waals surface area contributed by atoms with Crippen LogP contribution in [0.2, 0.25) is 0 Å². The molecule has 10 heteroatoms. The van der Waals surface area contributed by atoms with Gasteiger partial charge in [0.15, 0.2) is 0 Å². The Labute approximate surface area is 196 Å². The molecule has 0 aliphatic heterocycles. The van der Waals surface area contributed by atoms with E-state index in [1.807, 2.05) is 0 Å². The van der Waals surface area contributed by atoms with Gasteiger partial charge in [-0.1, -0.05) is 12.8 Å². The zero-order chi connectivity index (χ0) is 23.5. The molecule has 1 aliphatic rings. The third-order valence-corrected chi connectivity index (χ3v) is 6.97. The number of imidazole rings is 1. The molecule has 1 fully saturated rings. The number of pyridine rings is 1. The molecule has 2 aromatic carbocycles. The van der Waals surface area contributed by atoms with Crippen molar-refractivity contribution in [1.29, 1.82) is 0 Å². The van der Waals surface area contributed by atoms with Gasteiger partial charge in [-0.3, -0.25) is 15.1 Å². The first-order chi connectivity index (χ1) is 16.5. The summed E-state index contributed by atoms with van der Waals surface area (Å²) >= 11 is 0. The molecule has 4 aromatic rings. The summed E-state index contributed by atoms with van der Waals surface area (Å²) in [7, 11) is -4.02. The predicted octanol–water partition coefficient (Wildman–Crippen LogP) is 4.33. The SMILES string of the molecule is O=C(Nc1nc2cc(OS(=O)(=O)c3ccc(NC4CCCC4)cc3)ccc2[nH]1)c1ccncc1. The number of fused-ring (bicyclic) bond motifs is 1. The Bertz CT molecular complexity index is 1410. The molecule has 0 unspecified atom stereocenters. The molecule has 0 radical (unpaired) electrons. The number of carbonyl (C=O) groups is 1. The van der Waals surface area contributed by atoms with Gasteiger partial charge in [-0.15, -0.1) is 0 Å². The van der Waals surface area contributed by atoms with E-state index in [0.29, 0.717) is 22.6 Å². The van der Waals surface area contributed by atoms with E-state index < -0.39 is 10.1 Å². The van der Waals surface area contributed by atoms with Crippen LogP contribution in [0.4, 0.5) is 11.6 Å². The van der Waals surface area contributed by atoms with E-state index >= 15 is 0 Å². The number of benzene rings is 2. The van der Waals surface area contributed by atoms with Crippen molar-refractivity contribution < 1.29 is 17.4 Å². The number of aromatic amines is 1. The van der Waals surface area contributed by atoms with Crippen LogP contribution in [0.3, 0.4) is 0 Å². The third-order valence-electron chi connectivity index (χ3n) is 5.70. The molecule has 2 aromatic heterocycles. The topological polar surface area (TPSA) is 126 Å². The number of rotatable bonds is 7. The molecule has 2 heterocycles. The molecule has 0 saturated heterocycles. The summed E-state index contributed by atoms with van der Waals surface area (Å²) < 4.78 is 30.9. The van der Waals surface area contributed by atoms with Crippen molar-refractivity contribution in [2.75, 3.05) is 10.6 Å². The fourth-order valence-corrected chi connectivity index (χ4v) is 4.90. The quantitative estimate of drug-likeness (QED) is 0.338. The zero-order valence-corrected chi connectivity index (χ0v) is 19.0. The molecule has 0 atom stereocenters. The van der Waals surface area contributed by atoms with Crippen molar-refractivity contribution in [3.8, 4) is 5.75 Å². The molecule has 0 bridgehead atoms. The smallest absolute Gasteiger partial charge is 0.339 e. The lowest BCUT2D eigenvalue weighted by Crippen LogP contribution is -2.14. The molecule has 9 nitrogen and oxygen atoms in total. The summed E-state index contributed by atoms with van der Waals surface area (Å²) in [5, 5.41) is 6.11. The van der Waals surface area contributed by atoms with Crippen LogP contribution in [-0.4, -0.2) is 35.3 Å². The molecule has 174 valence electrons. The second kappa shape index (κ2) is 9.14. The highest BCUT2D eigenvalue weighted by molar-refractivity contribution is 7.87. The number of nitrogens with one attached hydrogen (secondary N) is 3. The van der Waals surface area contributed by atoms with Crippen molar-refractivity contribution in [2.45, 2.75) is 36.6 Å². The minimum Gasteiger partial charge on any atom is -0.382 e. The van der Waals surface area contributed by atoms with E-state index in [9.17, 15) is 13.2 Å². The number of hydrogen-bond acceptors (Lipinski definition) is 7. The van der Waals surface area contributed by atoms with E-state index in [1.165, 1.54) is 49.5 Å². The number of H-pyrrole nitrogens is 1. The van der Waals surface area contributed by atoms with E-state index in [1.54, 1.807) is 30.3 Å². The zero-order valence-electron chi connectivity index (χ0n) is 18.2. The maximum Gasteiger partial charge on any atom is 0.339 e. The molecule has 1 amide bonds. The van der Waals surface area contributed by atoms with Crippen molar-refractivity contribution in [2.24, 2.45) is 0 Å². The normalized spacial score (nSPS) is 14.2. The Balaban J connectivity index is 1.28. The van der Waals surface area contributed by atoms with Gasteiger partial charge in [-0.2, -0.15) is 8.42 Å². The van der Waals surface area contributed by atoms with E-state index in [2.05, 4.69) is 25.6 Å². The maximum atomic E-state index is 12.8. The largest absolute Gasteiger partial charge is 0.382 e. The van der Waals surface area contributed by atoms with Crippen LogP contribution in [0, 0.1) is 0 Å². The van der Waals surface area contributed by atoms with E-state index in [0.717, 1.165) is 18.5 Å². The Morgan fingerprint density at radius 3 is 2.47 bits per heavy atom. The Hall–Kier alpha value is -3.92. The van der Waals surface area contributed by atoms with Crippen LogP contribution >= 0.6 is 0 Å². The summed E-state index contributed by atoms with van der Waals surface area (Å²) in [6.07, 6.45) is 7.75. The molecule has 1 saturated carbocycles. The first kappa shape index (κ1) is 21.9. The number of nitrogens with zero attached hydrogens (tertiary/aromatic N) is 2. The van der Waals surface area contributed by atoms with Crippen LogP contribution < -0.4 is 14.8 Å². The first-order valence-corrected chi connectivity index (χ1v) is 12.4. The lowest BCUT2D eigenvalue weighted by atomic mass is 10.2. The van der Waals surface area contributed by atoms with Crippen LogP contribution in [0.1, 0.15) is 36.0 Å². The average molecular weight is 478 g/mol. The van der Waals surface area contributed by atoms with Crippen molar-refractivity contribution in [1.82, 2.24) is 15.0 Å². The highest BCUT2D eigenvalue weighted by atomic mass is 32.2. The first-order valence-electron chi connectivity index (χ1n) is 11.0. The lowest BCUT2D eigenvalue weighted by molar-refractivity contribution is 0.102. The highest BCUT2D eigenvalue weighted by Crippen LogP contribution is 2.26. The Morgan fingerprint density at radius 2 is 1.74 bits per heavy atom. The number of aromatic nitrogens is 3. The second-order valence-electron chi connectivity index (χ2n) is 8.14. The summed E-state index contributed by atoms with van der Waals surface area (Å²) in [6.45, 7) is 0. The summed E-state index contributed by atoms with van der Waals surface area (Å²) in [5.41, 5.74) is 2.41. The minimum absolute atomic E-state index is 0.0666. The third kappa shape index (κ3) is 4.86. The number of hydrogen-bond donors (Lipinski definition) is 3. The summed E-state index contributed by atoms with van der Waals surface area (Å²) in [6, 6.07) is 14.9. The van der Waals surface area contributed by atoms with Crippen LogP contribution in [-0.2, 0) is 10.1 Å². The summed E-state index contributed by atoms with van der Waals surface area (Å²) in [5.74, 6) is 0.0210. The summed E-state index contributed by atoms with van der Waals surface area (Å²) in [4.78, 5) is 23.6. The van der Waals surface area contributed by atoms with Gasteiger partial charge >= 0.3 is 10.1 Å². The molecule has 0 spiro atoms. The molecule has 34 heavy (non-hydrogen) atoms. The maximum absolute atomic E-state index is 12.8. The Kier molecular flexibility index (Phi) is 5.89. The van der Waals surface area contributed by atoms with Gasteiger partial charge in [0, 0.05) is 35.8 Å². The monoisotopic (exact) mass is 477 g/mol. The highest BCUT2D eigenvalue weighted by Gasteiger charge is 2.19. The van der Waals surface area contributed by atoms with Gasteiger partial charge in [0.05, 0.1) is 11.0 Å². The van der Waals surface area contributed by atoms with Gasteiger partial charge in [-0.25, -0.2) is 4.98 Å². The standard InChI is InChI=1S/C24H23N5O4S/c30-23(16-11-13-25-14-12-16)29-24-27-21-10-7-19(15-22(21)28-24)33-34(31,32)20-8-5-18(6-9-20)26-17-3-1-2-4-17/h5-15,17,26H,1-4H2,(H2,27,28,29,30). The van der Waals surface area contributed by atoms with Crippen molar-refractivity contribution in [3.05, 3.63) is 72.6 Å².